The van der Waals surface area contributed by atoms with Gasteiger partial charge in [0.2, 0.25) is 0 Å². The second kappa shape index (κ2) is 7.25. The Balaban J connectivity index is 1.29. The van der Waals surface area contributed by atoms with Gasteiger partial charge in [0, 0.05) is 51.9 Å². The molecular weight excluding hydrogens is 354 g/mol. The van der Waals surface area contributed by atoms with E-state index in [1.807, 2.05) is 0 Å². The third-order valence-corrected chi connectivity index (χ3v) is 6.30. The minimum absolute atomic E-state index is 0.119. The first-order valence-corrected chi connectivity index (χ1v) is 9.71. The quantitative estimate of drug-likeness (QED) is 0.558. The van der Waals surface area contributed by atoms with Crippen LogP contribution < -0.4 is 15.8 Å². The number of halogens is 1. The highest BCUT2D eigenvalue weighted by molar-refractivity contribution is 6.33. The molecule has 2 heterocycles. The summed E-state index contributed by atoms with van der Waals surface area (Å²) in [6.07, 6.45) is 1.79. The van der Waals surface area contributed by atoms with E-state index in [2.05, 4.69) is 10.2 Å². The van der Waals surface area contributed by atoms with Crippen molar-refractivity contribution in [1.82, 2.24) is 10.2 Å². The maximum atomic E-state index is 12.6. The summed E-state index contributed by atoms with van der Waals surface area (Å²) in [4.78, 5) is 15.2. The number of rotatable bonds is 7. The highest BCUT2D eigenvalue weighted by Crippen LogP contribution is 2.51. The van der Waals surface area contributed by atoms with E-state index in [0.717, 1.165) is 56.6 Å². The molecule has 2 aliphatic heterocycles. The molecule has 26 heavy (non-hydrogen) atoms. The van der Waals surface area contributed by atoms with Crippen molar-refractivity contribution < 1.29 is 14.3 Å². The summed E-state index contributed by atoms with van der Waals surface area (Å²) in [6, 6.07) is 1.63. The van der Waals surface area contributed by atoms with Gasteiger partial charge in [-0.25, -0.2) is 0 Å². The predicted octanol–water partition coefficient (Wildman–Crippen LogP) is 1.80. The first-order chi connectivity index (χ1) is 12.6. The summed E-state index contributed by atoms with van der Waals surface area (Å²) in [6.45, 7) is 5.47. The number of methoxy groups -OCH3 is 1. The number of carbonyl (C=O) groups is 1. The second-order valence-electron chi connectivity index (χ2n) is 7.53. The number of piperidine rings is 1. The second-order valence-corrected chi connectivity index (χ2v) is 7.94. The van der Waals surface area contributed by atoms with E-state index in [9.17, 15) is 4.79 Å². The van der Waals surface area contributed by atoms with Crippen molar-refractivity contribution >= 4 is 23.2 Å². The number of anilines is 1. The fourth-order valence-corrected chi connectivity index (χ4v) is 4.72. The van der Waals surface area contributed by atoms with Crippen molar-refractivity contribution in [2.24, 2.45) is 17.8 Å². The summed E-state index contributed by atoms with van der Waals surface area (Å²) in [5.74, 6) is 2.51. The minimum Gasteiger partial charge on any atom is -0.492 e. The smallest absolute Gasteiger partial charge is 0.255 e. The highest BCUT2D eigenvalue weighted by Gasteiger charge is 2.54. The number of likely N-dealkylation sites (tertiary alicyclic amines) is 1. The lowest BCUT2D eigenvalue weighted by molar-refractivity contribution is 0.0946. The summed E-state index contributed by atoms with van der Waals surface area (Å²) >= 11 is 6.19. The number of nitrogen functional groups attached to an aromatic ring is 1. The van der Waals surface area contributed by atoms with Gasteiger partial charge < -0.3 is 25.4 Å². The molecule has 2 unspecified atom stereocenters. The Morgan fingerprint density at radius 2 is 2.23 bits per heavy atom. The van der Waals surface area contributed by atoms with Crippen molar-refractivity contribution in [3.63, 3.8) is 0 Å². The summed E-state index contributed by atoms with van der Waals surface area (Å²) in [5.41, 5.74) is 7.89. The molecule has 7 heteroatoms. The van der Waals surface area contributed by atoms with Crippen molar-refractivity contribution in [2.45, 2.75) is 12.8 Å². The van der Waals surface area contributed by atoms with Crippen LogP contribution in [0.1, 0.15) is 22.3 Å². The maximum absolute atomic E-state index is 12.6. The minimum atomic E-state index is -0.119. The average molecular weight is 380 g/mol. The van der Waals surface area contributed by atoms with Crippen LogP contribution >= 0.6 is 11.6 Å². The van der Waals surface area contributed by atoms with Crippen LogP contribution in [0.2, 0.25) is 5.02 Å². The Bertz CT molecular complexity index is 700. The van der Waals surface area contributed by atoms with E-state index in [-0.39, 0.29) is 5.91 Å². The standard InChI is InChI=1S/C19H26ClN3O3/c1-25-5-2-4-23-9-14-13(15(14)10-23)8-22-19(24)12-7-16(20)17(21)11-3-6-26-18(11)12/h7,13-15H,2-6,8-10,21H2,1H3,(H,22,24). The van der Waals surface area contributed by atoms with Crippen LogP contribution in [-0.4, -0.2) is 57.3 Å². The van der Waals surface area contributed by atoms with Gasteiger partial charge in [-0.15, -0.1) is 0 Å². The number of nitrogens with zero attached hydrogens (tertiary/aromatic N) is 1. The molecule has 1 saturated heterocycles. The van der Waals surface area contributed by atoms with E-state index in [1.54, 1.807) is 13.2 Å². The summed E-state index contributed by atoms with van der Waals surface area (Å²) < 4.78 is 10.7. The van der Waals surface area contributed by atoms with Crippen LogP contribution in [0.15, 0.2) is 6.07 Å². The molecule has 2 fully saturated rings. The first-order valence-electron chi connectivity index (χ1n) is 9.33. The third-order valence-electron chi connectivity index (χ3n) is 5.98. The molecule has 142 valence electrons. The normalized spacial score (nSPS) is 26.3. The van der Waals surface area contributed by atoms with Gasteiger partial charge in [0.15, 0.2) is 0 Å². The Morgan fingerprint density at radius 1 is 1.46 bits per heavy atom. The Hall–Kier alpha value is -1.50. The Kier molecular flexibility index (Phi) is 4.99. The molecule has 0 radical (unpaired) electrons. The third kappa shape index (κ3) is 3.26. The van der Waals surface area contributed by atoms with Crippen molar-refractivity contribution in [2.75, 3.05) is 52.2 Å². The molecule has 2 atom stereocenters. The van der Waals surface area contributed by atoms with E-state index < -0.39 is 0 Å². The van der Waals surface area contributed by atoms with Gasteiger partial charge in [0.25, 0.3) is 5.91 Å². The topological polar surface area (TPSA) is 76.8 Å². The molecule has 3 aliphatic rings. The number of nitrogens with two attached hydrogens (primary N) is 1. The molecule has 6 nitrogen and oxygen atoms in total. The van der Waals surface area contributed by atoms with E-state index in [1.165, 1.54) is 0 Å². The molecule has 1 aromatic carbocycles. The number of hydrogen-bond donors (Lipinski definition) is 2. The summed E-state index contributed by atoms with van der Waals surface area (Å²) in [7, 11) is 1.74. The van der Waals surface area contributed by atoms with Gasteiger partial charge in [0.1, 0.15) is 5.75 Å². The zero-order chi connectivity index (χ0) is 18.3. The van der Waals surface area contributed by atoms with Gasteiger partial charge in [-0.3, -0.25) is 4.79 Å². The van der Waals surface area contributed by atoms with Gasteiger partial charge in [-0.2, -0.15) is 0 Å². The van der Waals surface area contributed by atoms with Gasteiger partial charge >= 0.3 is 0 Å². The van der Waals surface area contributed by atoms with Gasteiger partial charge in [-0.1, -0.05) is 11.6 Å². The molecule has 0 bridgehead atoms. The number of nitrogens with one attached hydrogen (secondary N) is 1. The van der Waals surface area contributed by atoms with Crippen molar-refractivity contribution in [3.05, 3.63) is 22.2 Å². The molecule has 0 spiro atoms. The predicted molar refractivity (Wildman–Crippen MR) is 101 cm³/mol. The van der Waals surface area contributed by atoms with E-state index in [4.69, 9.17) is 26.8 Å². The molecule has 1 saturated carbocycles. The van der Waals surface area contributed by atoms with Gasteiger partial charge in [0.05, 0.1) is 22.9 Å². The molecule has 1 aliphatic carbocycles. The van der Waals surface area contributed by atoms with Crippen LogP contribution in [0, 0.1) is 17.8 Å². The Labute approximate surface area is 158 Å². The zero-order valence-electron chi connectivity index (χ0n) is 15.1. The summed E-state index contributed by atoms with van der Waals surface area (Å²) in [5, 5.41) is 3.50. The van der Waals surface area contributed by atoms with Crippen LogP contribution in [0.5, 0.6) is 5.75 Å². The number of carbonyl (C=O) groups excluding carboxylic acids is 1. The highest BCUT2D eigenvalue weighted by atomic mass is 35.5. The average Bonchev–Trinajstić information content (AvgIpc) is 3.00. The van der Waals surface area contributed by atoms with Crippen LogP contribution in [0.25, 0.3) is 0 Å². The molecule has 1 aromatic rings. The van der Waals surface area contributed by atoms with Crippen molar-refractivity contribution in [3.8, 4) is 5.75 Å². The molecular formula is C19H26ClN3O3. The molecule has 0 aromatic heterocycles. The number of hydrogen-bond acceptors (Lipinski definition) is 5. The lowest BCUT2D eigenvalue weighted by Crippen LogP contribution is -2.31. The first kappa shape index (κ1) is 17.9. The van der Waals surface area contributed by atoms with Crippen molar-refractivity contribution in [1.29, 1.82) is 0 Å². The lowest BCUT2D eigenvalue weighted by atomic mass is 10.1. The van der Waals surface area contributed by atoms with Crippen LogP contribution in [0.3, 0.4) is 0 Å². The van der Waals surface area contributed by atoms with E-state index >= 15 is 0 Å². The maximum Gasteiger partial charge on any atom is 0.255 e. The number of ether oxygens (including phenoxy) is 2. The number of fused-ring (bicyclic) bond motifs is 2. The van der Waals surface area contributed by atoms with Crippen LogP contribution in [0.4, 0.5) is 5.69 Å². The fourth-order valence-electron chi connectivity index (χ4n) is 4.50. The number of amides is 1. The molecule has 4 rings (SSSR count). The zero-order valence-corrected chi connectivity index (χ0v) is 15.8. The van der Waals surface area contributed by atoms with E-state index in [0.29, 0.717) is 41.0 Å². The molecule has 3 N–H and O–H groups in total. The largest absolute Gasteiger partial charge is 0.492 e. The SMILES string of the molecule is COCCCN1CC2C(CNC(=O)c3cc(Cl)c(N)c4c3OCC4)C2C1. The molecule has 1 amide bonds. The van der Waals surface area contributed by atoms with Crippen LogP contribution in [-0.2, 0) is 11.2 Å². The Morgan fingerprint density at radius 3 is 2.96 bits per heavy atom. The lowest BCUT2D eigenvalue weighted by Gasteiger charge is -2.19. The fraction of sp³-hybridized carbons (Fsp3) is 0.632. The number of benzene rings is 1. The monoisotopic (exact) mass is 379 g/mol. The van der Waals surface area contributed by atoms with Gasteiger partial charge in [-0.05, 0) is 30.2 Å².